The second kappa shape index (κ2) is 9.14. The Morgan fingerprint density at radius 1 is 0.312 bits per heavy atom. The number of rotatable bonds is 6. The van der Waals surface area contributed by atoms with E-state index >= 15 is 0 Å². The van der Waals surface area contributed by atoms with E-state index in [0.29, 0.717) is 0 Å². The van der Waals surface area contributed by atoms with Gasteiger partial charge in [0.15, 0.2) is 11.6 Å². The third-order valence-corrected chi connectivity index (χ3v) is 5.15. The van der Waals surface area contributed by atoms with Crippen molar-refractivity contribution in [1.82, 2.24) is 10.2 Å². The van der Waals surface area contributed by atoms with E-state index in [-0.39, 0.29) is 0 Å². The van der Waals surface area contributed by atoms with Gasteiger partial charge < -0.3 is 0 Å². The smallest absolute Gasteiger partial charge is 0.160 e. The maximum atomic E-state index is 4.64. The molecule has 154 valence electrons. The van der Waals surface area contributed by atoms with Crippen LogP contribution in [0, 0.1) is 0 Å². The standard InChI is InChI=1S/C28H22N4/c1-5-13-23(14-6-1)31(24-15-7-2-8-16-24)27-21-22-28(30-29-27)32(25-17-9-3-10-18-25)26-19-11-4-12-20-26/h1-22H. The first kappa shape index (κ1) is 19.5. The van der Waals surface area contributed by atoms with Gasteiger partial charge in [0, 0.05) is 22.7 Å². The van der Waals surface area contributed by atoms with Crippen LogP contribution in [0.15, 0.2) is 133 Å². The molecule has 4 heteroatoms. The molecular weight excluding hydrogens is 392 g/mol. The topological polar surface area (TPSA) is 32.3 Å². The van der Waals surface area contributed by atoms with Gasteiger partial charge in [-0.05, 0) is 60.7 Å². The van der Waals surface area contributed by atoms with Crippen LogP contribution in [0.4, 0.5) is 34.4 Å². The molecular formula is C28H22N4. The molecule has 0 amide bonds. The maximum absolute atomic E-state index is 4.64. The van der Waals surface area contributed by atoms with Gasteiger partial charge in [0.2, 0.25) is 0 Å². The molecule has 5 rings (SSSR count). The first-order chi connectivity index (χ1) is 15.9. The van der Waals surface area contributed by atoms with Crippen LogP contribution in [-0.2, 0) is 0 Å². The SMILES string of the molecule is c1ccc(N(c2ccccc2)c2ccc(N(c3ccccc3)c3ccccc3)nn2)cc1. The molecule has 0 saturated heterocycles. The fourth-order valence-electron chi connectivity index (χ4n) is 3.69. The van der Waals surface area contributed by atoms with E-state index < -0.39 is 0 Å². The summed E-state index contributed by atoms with van der Waals surface area (Å²) in [6.07, 6.45) is 0. The zero-order chi connectivity index (χ0) is 21.6. The van der Waals surface area contributed by atoms with Gasteiger partial charge in [0.25, 0.3) is 0 Å². The number of aromatic nitrogens is 2. The van der Waals surface area contributed by atoms with Crippen LogP contribution >= 0.6 is 0 Å². The van der Waals surface area contributed by atoms with E-state index in [4.69, 9.17) is 0 Å². The Morgan fingerprint density at radius 2 is 0.562 bits per heavy atom. The summed E-state index contributed by atoms with van der Waals surface area (Å²) < 4.78 is 0. The molecule has 32 heavy (non-hydrogen) atoms. The van der Waals surface area contributed by atoms with Crippen LogP contribution in [-0.4, -0.2) is 10.2 Å². The molecule has 0 unspecified atom stereocenters. The van der Waals surface area contributed by atoms with E-state index in [1.807, 2.05) is 84.9 Å². The van der Waals surface area contributed by atoms with Gasteiger partial charge in [0.05, 0.1) is 0 Å². The third-order valence-electron chi connectivity index (χ3n) is 5.15. The molecule has 0 aliphatic rings. The Labute approximate surface area is 188 Å². The quantitative estimate of drug-likeness (QED) is 0.289. The van der Waals surface area contributed by atoms with E-state index in [1.54, 1.807) is 0 Å². The Balaban J connectivity index is 1.57. The third kappa shape index (κ3) is 4.07. The highest BCUT2D eigenvalue weighted by Gasteiger charge is 2.17. The Kier molecular flexibility index (Phi) is 5.58. The normalized spacial score (nSPS) is 10.5. The lowest BCUT2D eigenvalue weighted by Crippen LogP contribution is -2.15. The van der Waals surface area contributed by atoms with Crippen molar-refractivity contribution in [3.8, 4) is 0 Å². The average molecular weight is 415 g/mol. The van der Waals surface area contributed by atoms with Crippen molar-refractivity contribution in [2.45, 2.75) is 0 Å². The monoisotopic (exact) mass is 414 g/mol. The molecule has 4 nitrogen and oxygen atoms in total. The van der Waals surface area contributed by atoms with Gasteiger partial charge in [-0.25, -0.2) is 0 Å². The van der Waals surface area contributed by atoms with E-state index in [2.05, 4.69) is 68.5 Å². The highest BCUT2D eigenvalue weighted by molar-refractivity contribution is 5.77. The molecule has 0 bridgehead atoms. The van der Waals surface area contributed by atoms with Gasteiger partial charge >= 0.3 is 0 Å². The van der Waals surface area contributed by atoms with Crippen molar-refractivity contribution in [3.05, 3.63) is 133 Å². The van der Waals surface area contributed by atoms with Gasteiger partial charge in [-0.3, -0.25) is 9.80 Å². The minimum atomic E-state index is 0.757. The minimum absolute atomic E-state index is 0.757. The van der Waals surface area contributed by atoms with Crippen molar-refractivity contribution >= 4 is 34.4 Å². The van der Waals surface area contributed by atoms with Gasteiger partial charge in [-0.15, -0.1) is 10.2 Å². The van der Waals surface area contributed by atoms with Crippen LogP contribution in [0.2, 0.25) is 0 Å². The number of para-hydroxylation sites is 4. The van der Waals surface area contributed by atoms with E-state index in [9.17, 15) is 0 Å². The summed E-state index contributed by atoms with van der Waals surface area (Å²) in [4.78, 5) is 4.21. The van der Waals surface area contributed by atoms with Crippen LogP contribution in [0.25, 0.3) is 0 Å². The lowest BCUT2D eigenvalue weighted by Gasteiger charge is -2.26. The summed E-state index contributed by atoms with van der Waals surface area (Å²) >= 11 is 0. The zero-order valence-electron chi connectivity index (χ0n) is 17.5. The molecule has 0 fully saturated rings. The molecule has 0 spiro atoms. The number of hydrogen-bond donors (Lipinski definition) is 0. The average Bonchev–Trinajstić information content (AvgIpc) is 2.88. The molecule has 4 aromatic carbocycles. The second-order valence-corrected chi connectivity index (χ2v) is 7.26. The first-order valence-electron chi connectivity index (χ1n) is 10.5. The van der Waals surface area contributed by atoms with E-state index in [1.165, 1.54) is 0 Å². The number of hydrogen-bond acceptors (Lipinski definition) is 4. The summed E-state index contributed by atoms with van der Waals surface area (Å²) in [7, 11) is 0. The fraction of sp³-hybridized carbons (Fsp3) is 0. The predicted molar refractivity (Wildman–Crippen MR) is 131 cm³/mol. The van der Waals surface area contributed by atoms with Crippen molar-refractivity contribution in [2.75, 3.05) is 9.80 Å². The van der Waals surface area contributed by atoms with Crippen molar-refractivity contribution in [3.63, 3.8) is 0 Å². The predicted octanol–water partition coefficient (Wildman–Crippen LogP) is 7.42. The van der Waals surface area contributed by atoms with Gasteiger partial charge in [-0.1, -0.05) is 72.8 Å². The molecule has 0 aliphatic carbocycles. The van der Waals surface area contributed by atoms with Crippen LogP contribution in [0.3, 0.4) is 0 Å². The lowest BCUT2D eigenvalue weighted by molar-refractivity contribution is 0.985. The summed E-state index contributed by atoms with van der Waals surface area (Å²) in [5.41, 5.74) is 4.12. The number of benzene rings is 4. The van der Waals surface area contributed by atoms with Gasteiger partial charge in [-0.2, -0.15) is 0 Å². The second-order valence-electron chi connectivity index (χ2n) is 7.26. The van der Waals surface area contributed by atoms with Crippen LogP contribution in [0.5, 0.6) is 0 Å². The summed E-state index contributed by atoms with van der Waals surface area (Å²) in [6.45, 7) is 0. The minimum Gasteiger partial charge on any atom is -0.294 e. The first-order valence-corrected chi connectivity index (χ1v) is 10.5. The molecule has 0 N–H and O–H groups in total. The molecule has 0 saturated carbocycles. The highest BCUT2D eigenvalue weighted by Crippen LogP contribution is 2.35. The maximum Gasteiger partial charge on any atom is 0.160 e. The Morgan fingerprint density at radius 3 is 0.781 bits per heavy atom. The number of nitrogens with zero attached hydrogens (tertiary/aromatic N) is 4. The van der Waals surface area contributed by atoms with Crippen molar-refractivity contribution in [2.24, 2.45) is 0 Å². The molecule has 0 radical (unpaired) electrons. The summed E-state index contributed by atoms with van der Waals surface area (Å²) in [5, 5.41) is 9.28. The molecule has 0 aliphatic heterocycles. The molecule has 1 aromatic heterocycles. The Bertz CT molecular complexity index is 1060. The summed E-state index contributed by atoms with van der Waals surface area (Å²) in [6, 6.07) is 44.9. The summed E-state index contributed by atoms with van der Waals surface area (Å²) in [5.74, 6) is 1.51. The lowest BCUT2D eigenvalue weighted by atomic mass is 10.2. The van der Waals surface area contributed by atoms with Gasteiger partial charge in [0.1, 0.15) is 0 Å². The van der Waals surface area contributed by atoms with Crippen molar-refractivity contribution in [1.29, 1.82) is 0 Å². The highest BCUT2D eigenvalue weighted by atomic mass is 15.3. The zero-order valence-corrected chi connectivity index (χ0v) is 17.5. The molecule has 0 atom stereocenters. The molecule has 5 aromatic rings. The number of anilines is 6. The van der Waals surface area contributed by atoms with E-state index in [0.717, 1.165) is 34.4 Å². The molecule has 1 heterocycles. The van der Waals surface area contributed by atoms with Crippen LogP contribution < -0.4 is 9.80 Å². The largest absolute Gasteiger partial charge is 0.294 e. The fourth-order valence-corrected chi connectivity index (χ4v) is 3.69. The Hall–Kier alpha value is -4.44. The van der Waals surface area contributed by atoms with Crippen LogP contribution in [0.1, 0.15) is 0 Å². The van der Waals surface area contributed by atoms with Crippen molar-refractivity contribution < 1.29 is 0 Å².